The van der Waals surface area contributed by atoms with Crippen LogP contribution in [0.15, 0.2) is 79.0 Å². The highest BCUT2D eigenvalue weighted by molar-refractivity contribution is 5.86. The molecule has 6 heteroatoms. The fourth-order valence-corrected chi connectivity index (χ4v) is 5.38. The second-order valence-electron chi connectivity index (χ2n) is 10.2. The predicted octanol–water partition coefficient (Wildman–Crippen LogP) is 5.50. The van der Waals surface area contributed by atoms with Gasteiger partial charge in [-0.05, 0) is 54.8 Å². The molecule has 0 saturated carbocycles. The number of carbonyl (C=O) groups excluding carboxylic acids is 1. The summed E-state index contributed by atoms with van der Waals surface area (Å²) in [5.74, 6) is -0.246. The van der Waals surface area contributed by atoms with E-state index in [1.807, 2.05) is 24.3 Å². The maximum atomic E-state index is 13.5. The Labute approximate surface area is 224 Å². The zero-order valence-corrected chi connectivity index (χ0v) is 22.0. The van der Waals surface area contributed by atoms with Gasteiger partial charge in [0.25, 0.3) is 0 Å². The molecule has 2 heterocycles. The SMILES string of the molecule is Cc1cccc(C(CC(=O)NCCCN2CCOCC2)c2cn(Cc3ccc(F)cc3)c3ccccc23)c1. The second kappa shape index (κ2) is 12.4. The Hall–Kier alpha value is -3.48. The summed E-state index contributed by atoms with van der Waals surface area (Å²) < 4.78 is 21.1. The van der Waals surface area contributed by atoms with E-state index in [1.54, 1.807) is 0 Å². The zero-order chi connectivity index (χ0) is 26.3. The number of carbonyl (C=O) groups is 1. The summed E-state index contributed by atoms with van der Waals surface area (Å²) >= 11 is 0. The molecule has 0 aliphatic carbocycles. The van der Waals surface area contributed by atoms with E-state index in [1.165, 1.54) is 17.7 Å². The van der Waals surface area contributed by atoms with Crippen molar-refractivity contribution in [2.75, 3.05) is 39.4 Å². The maximum absolute atomic E-state index is 13.5. The normalized spacial score (nSPS) is 15.0. The molecule has 1 aromatic heterocycles. The molecule has 0 bridgehead atoms. The molecule has 1 saturated heterocycles. The second-order valence-corrected chi connectivity index (χ2v) is 10.2. The van der Waals surface area contributed by atoms with Gasteiger partial charge in [-0.1, -0.05) is 60.2 Å². The minimum atomic E-state index is -0.234. The zero-order valence-electron chi connectivity index (χ0n) is 22.0. The smallest absolute Gasteiger partial charge is 0.220 e. The number of para-hydroxylation sites is 1. The Morgan fingerprint density at radius 3 is 2.61 bits per heavy atom. The largest absolute Gasteiger partial charge is 0.379 e. The minimum absolute atomic E-state index is 0.0637. The van der Waals surface area contributed by atoms with Crippen molar-refractivity contribution in [2.45, 2.75) is 32.2 Å². The van der Waals surface area contributed by atoms with Gasteiger partial charge in [0.2, 0.25) is 5.91 Å². The lowest BCUT2D eigenvalue weighted by molar-refractivity contribution is -0.121. The summed E-state index contributed by atoms with van der Waals surface area (Å²) in [7, 11) is 0. The van der Waals surface area contributed by atoms with Crippen LogP contribution in [-0.4, -0.2) is 54.8 Å². The van der Waals surface area contributed by atoms with Crippen LogP contribution in [0.2, 0.25) is 0 Å². The number of nitrogens with one attached hydrogen (secondary N) is 1. The van der Waals surface area contributed by atoms with Crippen LogP contribution in [0.5, 0.6) is 0 Å². The number of amides is 1. The Morgan fingerprint density at radius 1 is 1.03 bits per heavy atom. The molecule has 1 aliphatic heterocycles. The standard InChI is InChI=1S/C32H36FN3O2/c1-24-6-4-7-26(20-24)29(21-32(37)34-14-5-15-35-16-18-38-19-17-35)30-23-36(31-9-3-2-8-28(30)31)22-25-10-12-27(33)13-11-25/h2-4,6-13,20,23,29H,5,14-19,21-22H2,1H3,(H,34,37). The number of morpholine rings is 1. The van der Waals surface area contributed by atoms with Gasteiger partial charge >= 0.3 is 0 Å². The van der Waals surface area contributed by atoms with Crippen molar-refractivity contribution in [1.82, 2.24) is 14.8 Å². The van der Waals surface area contributed by atoms with Crippen LogP contribution in [0, 0.1) is 12.7 Å². The lowest BCUT2D eigenvalue weighted by Gasteiger charge is -2.26. The molecule has 0 radical (unpaired) electrons. The van der Waals surface area contributed by atoms with Gasteiger partial charge < -0.3 is 14.6 Å². The summed E-state index contributed by atoms with van der Waals surface area (Å²) in [4.78, 5) is 15.6. The van der Waals surface area contributed by atoms with E-state index >= 15 is 0 Å². The average Bonchev–Trinajstić information content (AvgIpc) is 3.29. The number of nitrogens with zero attached hydrogens (tertiary/aromatic N) is 2. The van der Waals surface area contributed by atoms with Crippen LogP contribution in [0.4, 0.5) is 4.39 Å². The molecule has 0 spiro atoms. The van der Waals surface area contributed by atoms with E-state index < -0.39 is 0 Å². The molecule has 1 atom stereocenters. The molecule has 198 valence electrons. The first-order valence-corrected chi connectivity index (χ1v) is 13.5. The topological polar surface area (TPSA) is 46.5 Å². The van der Waals surface area contributed by atoms with Gasteiger partial charge in [-0.3, -0.25) is 9.69 Å². The van der Waals surface area contributed by atoms with E-state index in [0.717, 1.165) is 66.9 Å². The third-order valence-corrected chi connectivity index (χ3v) is 7.37. The number of benzene rings is 3. The number of aromatic nitrogens is 1. The van der Waals surface area contributed by atoms with Crippen molar-refractivity contribution >= 4 is 16.8 Å². The fraction of sp³-hybridized carbons (Fsp3) is 0.344. The van der Waals surface area contributed by atoms with E-state index in [-0.39, 0.29) is 17.6 Å². The molecular weight excluding hydrogens is 477 g/mol. The van der Waals surface area contributed by atoms with Crippen molar-refractivity contribution in [1.29, 1.82) is 0 Å². The molecule has 1 N–H and O–H groups in total. The number of halogens is 1. The summed E-state index contributed by atoms with van der Waals surface area (Å²) in [6.07, 6.45) is 3.48. The number of aryl methyl sites for hydroxylation is 1. The molecule has 3 aromatic carbocycles. The van der Waals surface area contributed by atoms with Gasteiger partial charge in [-0.2, -0.15) is 0 Å². The van der Waals surface area contributed by atoms with Gasteiger partial charge in [0.1, 0.15) is 5.82 Å². The van der Waals surface area contributed by atoms with Crippen LogP contribution in [0.1, 0.15) is 41.0 Å². The monoisotopic (exact) mass is 513 g/mol. The number of hydrogen-bond acceptors (Lipinski definition) is 3. The third-order valence-electron chi connectivity index (χ3n) is 7.37. The number of ether oxygens (including phenoxy) is 1. The fourth-order valence-electron chi connectivity index (χ4n) is 5.38. The molecule has 1 amide bonds. The Bertz CT molecular complexity index is 1360. The molecular formula is C32H36FN3O2. The van der Waals surface area contributed by atoms with Crippen molar-refractivity contribution in [3.05, 3.63) is 107 Å². The van der Waals surface area contributed by atoms with Crippen LogP contribution >= 0.6 is 0 Å². The van der Waals surface area contributed by atoms with Gasteiger partial charge in [0, 0.05) is 55.6 Å². The highest BCUT2D eigenvalue weighted by Gasteiger charge is 2.23. The van der Waals surface area contributed by atoms with Crippen molar-refractivity contribution in [3.8, 4) is 0 Å². The lowest BCUT2D eigenvalue weighted by atomic mass is 9.87. The highest BCUT2D eigenvalue weighted by atomic mass is 19.1. The number of rotatable bonds is 10. The van der Waals surface area contributed by atoms with Crippen LogP contribution in [0.3, 0.4) is 0 Å². The van der Waals surface area contributed by atoms with Gasteiger partial charge in [0.05, 0.1) is 13.2 Å². The van der Waals surface area contributed by atoms with E-state index in [2.05, 4.69) is 64.3 Å². The van der Waals surface area contributed by atoms with Gasteiger partial charge in [0.15, 0.2) is 0 Å². The Kier molecular flexibility index (Phi) is 8.51. The summed E-state index contributed by atoms with van der Waals surface area (Å²) in [5, 5.41) is 4.31. The Balaban J connectivity index is 1.37. The van der Waals surface area contributed by atoms with Crippen molar-refractivity contribution < 1.29 is 13.9 Å². The van der Waals surface area contributed by atoms with Gasteiger partial charge in [-0.15, -0.1) is 0 Å². The lowest BCUT2D eigenvalue weighted by Crippen LogP contribution is -2.38. The minimum Gasteiger partial charge on any atom is -0.379 e. The van der Waals surface area contributed by atoms with Crippen molar-refractivity contribution in [3.63, 3.8) is 0 Å². The van der Waals surface area contributed by atoms with E-state index in [0.29, 0.717) is 19.5 Å². The summed E-state index contributed by atoms with van der Waals surface area (Å²) in [6.45, 7) is 7.87. The third kappa shape index (κ3) is 6.50. The molecule has 38 heavy (non-hydrogen) atoms. The molecule has 1 aliphatic rings. The van der Waals surface area contributed by atoms with Crippen LogP contribution in [-0.2, 0) is 16.1 Å². The van der Waals surface area contributed by atoms with Crippen LogP contribution in [0.25, 0.3) is 10.9 Å². The van der Waals surface area contributed by atoms with E-state index in [9.17, 15) is 9.18 Å². The number of fused-ring (bicyclic) bond motifs is 1. The van der Waals surface area contributed by atoms with Crippen LogP contribution < -0.4 is 5.32 Å². The molecule has 4 aromatic rings. The first-order valence-electron chi connectivity index (χ1n) is 13.5. The van der Waals surface area contributed by atoms with Crippen molar-refractivity contribution in [2.24, 2.45) is 0 Å². The quantitative estimate of drug-likeness (QED) is 0.285. The maximum Gasteiger partial charge on any atom is 0.220 e. The Morgan fingerprint density at radius 2 is 1.82 bits per heavy atom. The summed E-state index contributed by atoms with van der Waals surface area (Å²) in [6, 6.07) is 23.4. The molecule has 1 unspecified atom stereocenters. The molecule has 5 rings (SSSR count). The number of hydrogen-bond donors (Lipinski definition) is 1. The molecule has 5 nitrogen and oxygen atoms in total. The average molecular weight is 514 g/mol. The first kappa shape index (κ1) is 26.1. The predicted molar refractivity (Wildman–Crippen MR) is 150 cm³/mol. The molecule has 1 fully saturated rings. The highest BCUT2D eigenvalue weighted by Crippen LogP contribution is 2.35. The van der Waals surface area contributed by atoms with E-state index in [4.69, 9.17) is 4.74 Å². The van der Waals surface area contributed by atoms with Gasteiger partial charge in [-0.25, -0.2) is 4.39 Å². The first-order chi connectivity index (χ1) is 18.6. The summed E-state index contributed by atoms with van der Waals surface area (Å²) in [5.41, 5.74) is 5.59.